The lowest BCUT2D eigenvalue weighted by molar-refractivity contribution is -0.384. The first-order valence-corrected chi connectivity index (χ1v) is 7.92. The van der Waals surface area contributed by atoms with E-state index < -0.39 is 23.4 Å². The Kier molecular flexibility index (Phi) is 6.45. The highest BCUT2D eigenvalue weighted by atomic mass is 35.5. The Morgan fingerprint density at radius 3 is 2.59 bits per heavy atom. The molecule has 0 saturated heterocycles. The van der Waals surface area contributed by atoms with Gasteiger partial charge in [-0.25, -0.2) is 4.79 Å². The summed E-state index contributed by atoms with van der Waals surface area (Å²) in [5.41, 5.74) is 0.128. The molecule has 0 aliphatic rings. The van der Waals surface area contributed by atoms with Gasteiger partial charge in [0.15, 0.2) is 6.61 Å². The van der Waals surface area contributed by atoms with Crippen LogP contribution >= 0.6 is 11.6 Å². The maximum absolute atomic E-state index is 12.0. The number of esters is 1. The summed E-state index contributed by atoms with van der Waals surface area (Å²) in [5, 5.41) is 15.7. The summed E-state index contributed by atoms with van der Waals surface area (Å²) < 4.78 is 4.84. The van der Waals surface area contributed by atoms with E-state index in [1.807, 2.05) is 0 Å². The molecule has 0 fully saturated rings. The number of benzene rings is 2. The van der Waals surface area contributed by atoms with Crippen LogP contribution in [0.2, 0.25) is 5.02 Å². The van der Waals surface area contributed by atoms with Gasteiger partial charge in [-0.15, -0.1) is 0 Å². The molecule has 9 nitrogen and oxygen atoms in total. The molecule has 2 amide bonds. The van der Waals surface area contributed by atoms with Gasteiger partial charge in [0.25, 0.3) is 17.5 Å². The molecule has 0 bridgehead atoms. The normalized spacial score (nSPS) is 10.0. The molecular formula is C17H14ClN3O6. The van der Waals surface area contributed by atoms with Crippen molar-refractivity contribution in [2.75, 3.05) is 19.0 Å². The molecule has 0 aliphatic heterocycles. The average molecular weight is 392 g/mol. The van der Waals surface area contributed by atoms with Crippen molar-refractivity contribution >= 4 is 40.8 Å². The van der Waals surface area contributed by atoms with Gasteiger partial charge in [-0.3, -0.25) is 19.7 Å². The fourth-order valence-electron chi connectivity index (χ4n) is 2.07. The molecule has 0 radical (unpaired) electrons. The van der Waals surface area contributed by atoms with E-state index in [0.717, 1.165) is 12.1 Å². The smallest absolute Gasteiger partial charge is 0.340 e. The second-order valence-electron chi connectivity index (χ2n) is 5.21. The largest absolute Gasteiger partial charge is 0.452 e. The van der Waals surface area contributed by atoms with Crippen molar-refractivity contribution in [2.45, 2.75) is 0 Å². The van der Waals surface area contributed by atoms with Gasteiger partial charge >= 0.3 is 5.97 Å². The van der Waals surface area contributed by atoms with Crippen molar-refractivity contribution in [1.82, 2.24) is 5.32 Å². The number of nitrogens with one attached hydrogen (secondary N) is 2. The fourth-order valence-corrected chi connectivity index (χ4v) is 2.27. The molecule has 2 rings (SSSR count). The number of hydrogen-bond donors (Lipinski definition) is 2. The number of anilines is 1. The van der Waals surface area contributed by atoms with Crippen LogP contribution in [0.15, 0.2) is 42.5 Å². The molecule has 10 heteroatoms. The number of amides is 2. The van der Waals surface area contributed by atoms with Gasteiger partial charge in [0, 0.05) is 30.4 Å². The Balaban J connectivity index is 2.00. The highest BCUT2D eigenvalue weighted by Gasteiger charge is 2.18. The number of carbonyl (C=O) groups excluding carboxylic acids is 3. The Morgan fingerprint density at radius 2 is 1.93 bits per heavy atom. The number of non-ortho nitro benzene ring substituents is 1. The van der Waals surface area contributed by atoms with Gasteiger partial charge in [-0.05, 0) is 24.3 Å². The van der Waals surface area contributed by atoms with Crippen molar-refractivity contribution in [2.24, 2.45) is 0 Å². The van der Waals surface area contributed by atoms with Crippen molar-refractivity contribution in [3.05, 3.63) is 68.7 Å². The third-order valence-corrected chi connectivity index (χ3v) is 3.68. The second-order valence-corrected chi connectivity index (χ2v) is 5.61. The summed E-state index contributed by atoms with van der Waals surface area (Å²) in [7, 11) is 1.48. The lowest BCUT2D eigenvalue weighted by atomic mass is 10.2. The molecule has 0 aliphatic carbocycles. The first-order chi connectivity index (χ1) is 12.8. The molecule has 2 aromatic rings. The summed E-state index contributed by atoms with van der Waals surface area (Å²) in [6.45, 7) is -0.637. The van der Waals surface area contributed by atoms with Crippen LogP contribution in [-0.2, 0) is 9.53 Å². The number of hydrogen-bond acceptors (Lipinski definition) is 6. The van der Waals surface area contributed by atoms with Crippen molar-refractivity contribution in [1.29, 1.82) is 0 Å². The molecular weight excluding hydrogens is 378 g/mol. The highest BCUT2D eigenvalue weighted by molar-refractivity contribution is 6.33. The van der Waals surface area contributed by atoms with Gasteiger partial charge < -0.3 is 15.4 Å². The molecule has 0 aromatic heterocycles. The van der Waals surface area contributed by atoms with Crippen LogP contribution in [0.1, 0.15) is 20.7 Å². The Labute approximate surface area is 158 Å². The zero-order valence-corrected chi connectivity index (χ0v) is 14.8. The van der Waals surface area contributed by atoms with Crippen LogP contribution in [0.4, 0.5) is 11.4 Å². The number of nitrogens with zero attached hydrogens (tertiary/aromatic N) is 1. The SMILES string of the molecule is CNC(=O)c1cccc(NC(=O)COC(=O)c2cc([N+](=O)[O-])ccc2Cl)c1. The summed E-state index contributed by atoms with van der Waals surface area (Å²) in [5.74, 6) is -1.95. The predicted octanol–water partition coefficient (Wildman–Crippen LogP) is 2.40. The van der Waals surface area contributed by atoms with Gasteiger partial charge in [-0.1, -0.05) is 17.7 Å². The van der Waals surface area contributed by atoms with Crippen molar-refractivity contribution in [3.63, 3.8) is 0 Å². The lowest BCUT2D eigenvalue weighted by Gasteiger charge is -2.08. The van der Waals surface area contributed by atoms with E-state index in [9.17, 15) is 24.5 Å². The molecule has 0 unspecified atom stereocenters. The van der Waals surface area contributed by atoms with E-state index in [0.29, 0.717) is 11.3 Å². The minimum absolute atomic E-state index is 0.0377. The summed E-state index contributed by atoms with van der Waals surface area (Å²) >= 11 is 5.84. The molecule has 0 heterocycles. The standard InChI is InChI=1S/C17H14ClN3O6/c1-19-16(23)10-3-2-4-11(7-10)20-15(22)9-27-17(24)13-8-12(21(25)26)5-6-14(13)18/h2-8H,9H2,1H3,(H,19,23)(H,20,22). The van der Waals surface area contributed by atoms with Crippen LogP contribution in [0, 0.1) is 10.1 Å². The van der Waals surface area contributed by atoms with Crippen LogP contribution < -0.4 is 10.6 Å². The first kappa shape index (κ1) is 19.9. The molecule has 140 valence electrons. The molecule has 2 aromatic carbocycles. The predicted molar refractivity (Wildman–Crippen MR) is 96.9 cm³/mol. The highest BCUT2D eigenvalue weighted by Crippen LogP contribution is 2.22. The Hall–Kier alpha value is -3.46. The van der Waals surface area contributed by atoms with E-state index >= 15 is 0 Å². The quantitative estimate of drug-likeness (QED) is 0.442. The van der Waals surface area contributed by atoms with Crippen LogP contribution in [-0.4, -0.2) is 36.4 Å². The lowest BCUT2D eigenvalue weighted by Crippen LogP contribution is -2.22. The number of rotatable bonds is 6. The second kappa shape index (κ2) is 8.77. The third kappa shape index (κ3) is 5.25. The van der Waals surface area contributed by atoms with Crippen LogP contribution in [0.25, 0.3) is 0 Å². The van der Waals surface area contributed by atoms with Crippen LogP contribution in [0.5, 0.6) is 0 Å². The first-order valence-electron chi connectivity index (χ1n) is 7.55. The number of nitro benzene ring substituents is 1. The minimum Gasteiger partial charge on any atom is -0.452 e. The maximum atomic E-state index is 12.0. The maximum Gasteiger partial charge on any atom is 0.340 e. The minimum atomic E-state index is -0.974. The summed E-state index contributed by atoms with van der Waals surface area (Å²) in [6.07, 6.45) is 0. The fraction of sp³-hybridized carbons (Fsp3) is 0.118. The Morgan fingerprint density at radius 1 is 1.19 bits per heavy atom. The topological polar surface area (TPSA) is 128 Å². The average Bonchev–Trinajstić information content (AvgIpc) is 2.65. The van der Waals surface area contributed by atoms with Gasteiger partial charge in [0.05, 0.1) is 15.5 Å². The van der Waals surface area contributed by atoms with E-state index in [-0.39, 0.29) is 22.2 Å². The van der Waals surface area contributed by atoms with E-state index in [4.69, 9.17) is 16.3 Å². The molecule has 2 N–H and O–H groups in total. The number of nitro groups is 1. The van der Waals surface area contributed by atoms with Crippen molar-refractivity contribution < 1.29 is 24.0 Å². The molecule has 0 spiro atoms. The van der Waals surface area contributed by atoms with Gasteiger partial charge in [-0.2, -0.15) is 0 Å². The van der Waals surface area contributed by atoms with Crippen molar-refractivity contribution in [3.8, 4) is 0 Å². The number of ether oxygens (including phenoxy) is 1. The molecule has 0 saturated carbocycles. The van der Waals surface area contributed by atoms with E-state index in [1.54, 1.807) is 18.2 Å². The zero-order valence-electron chi connectivity index (χ0n) is 14.0. The van der Waals surface area contributed by atoms with Crippen LogP contribution in [0.3, 0.4) is 0 Å². The van der Waals surface area contributed by atoms with E-state index in [2.05, 4.69) is 10.6 Å². The molecule has 27 heavy (non-hydrogen) atoms. The summed E-state index contributed by atoms with van der Waals surface area (Å²) in [4.78, 5) is 45.6. The van der Waals surface area contributed by atoms with Gasteiger partial charge in [0.1, 0.15) is 0 Å². The zero-order chi connectivity index (χ0) is 20.0. The Bertz CT molecular complexity index is 915. The third-order valence-electron chi connectivity index (χ3n) is 3.35. The molecule has 0 atom stereocenters. The summed E-state index contributed by atoms with van der Waals surface area (Å²) in [6, 6.07) is 9.47. The number of carbonyl (C=O) groups is 3. The number of halogens is 1. The van der Waals surface area contributed by atoms with E-state index in [1.165, 1.54) is 19.2 Å². The monoisotopic (exact) mass is 391 g/mol. The van der Waals surface area contributed by atoms with Gasteiger partial charge in [0.2, 0.25) is 0 Å².